The summed E-state index contributed by atoms with van der Waals surface area (Å²) in [5.74, 6) is 2.19. The number of carbonyl (C=O) groups excluding carboxylic acids is 1. The van der Waals surface area contributed by atoms with Crippen LogP contribution in [-0.4, -0.2) is 58.2 Å². The van der Waals surface area contributed by atoms with Gasteiger partial charge in [-0.25, -0.2) is 4.99 Å². The molecule has 2 aromatic rings. The normalized spacial score (nSPS) is 10.6. The Morgan fingerprint density at radius 2 is 1.70 bits per heavy atom. The molecule has 30 heavy (non-hydrogen) atoms. The van der Waals surface area contributed by atoms with Gasteiger partial charge in [0.25, 0.3) is 0 Å². The van der Waals surface area contributed by atoms with E-state index in [0.717, 1.165) is 23.5 Å². The van der Waals surface area contributed by atoms with E-state index in [-0.39, 0.29) is 36.4 Å². The van der Waals surface area contributed by atoms with Crippen molar-refractivity contribution in [1.29, 1.82) is 0 Å². The molecule has 2 aromatic carbocycles. The highest BCUT2D eigenvalue weighted by Crippen LogP contribution is 2.17. The zero-order chi connectivity index (χ0) is 21.1. The lowest BCUT2D eigenvalue weighted by molar-refractivity contribution is -0.127. The number of ether oxygens (including phenoxy) is 2. The van der Waals surface area contributed by atoms with Crippen LogP contribution in [0.4, 0.5) is 0 Å². The topological polar surface area (TPSA) is 75.2 Å². The maximum atomic E-state index is 11.9. The lowest BCUT2D eigenvalue weighted by Gasteiger charge is -2.15. The van der Waals surface area contributed by atoms with Crippen LogP contribution >= 0.6 is 24.0 Å². The summed E-state index contributed by atoms with van der Waals surface area (Å²) in [5.41, 5.74) is 2.16. The van der Waals surface area contributed by atoms with E-state index in [1.54, 1.807) is 33.2 Å². The van der Waals surface area contributed by atoms with Crippen molar-refractivity contribution in [3.8, 4) is 11.5 Å². The molecule has 0 saturated carbocycles. The lowest BCUT2D eigenvalue weighted by atomic mass is 10.1. The second-order valence-corrected chi connectivity index (χ2v) is 6.64. The third kappa shape index (κ3) is 8.48. The van der Waals surface area contributed by atoms with Crippen LogP contribution in [0.25, 0.3) is 0 Å². The fourth-order valence-electron chi connectivity index (χ4n) is 2.61. The Bertz CT molecular complexity index is 810. The molecule has 0 aliphatic carbocycles. The van der Waals surface area contributed by atoms with Gasteiger partial charge < -0.3 is 25.0 Å². The average molecular weight is 526 g/mol. The van der Waals surface area contributed by atoms with Crippen molar-refractivity contribution in [2.45, 2.75) is 13.0 Å². The largest absolute Gasteiger partial charge is 0.497 e. The molecule has 0 spiro atoms. The molecule has 0 radical (unpaired) electrons. The first-order chi connectivity index (χ1) is 14.0. The first-order valence-electron chi connectivity index (χ1n) is 9.50. The quantitative estimate of drug-likeness (QED) is 0.299. The number of methoxy groups -OCH3 is 2. The van der Waals surface area contributed by atoms with E-state index in [0.29, 0.717) is 19.0 Å². The monoisotopic (exact) mass is 526 g/mol. The number of likely N-dealkylation sites (N-methyl/N-ethyl adjacent to an activating group) is 1. The van der Waals surface area contributed by atoms with E-state index >= 15 is 0 Å². The Morgan fingerprint density at radius 3 is 2.33 bits per heavy atom. The molecule has 0 atom stereocenters. The second kappa shape index (κ2) is 13.7. The summed E-state index contributed by atoms with van der Waals surface area (Å²) >= 11 is 0. The zero-order valence-electron chi connectivity index (χ0n) is 18.0. The van der Waals surface area contributed by atoms with E-state index in [1.165, 1.54) is 5.56 Å². The zero-order valence-corrected chi connectivity index (χ0v) is 20.3. The maximum absolute atomic E-state index is 11.9. The van der Waals surface area contributed by atoms with Crippen LogP contribution < -0.4 is 20.1 Å². The average Bonchev–Trinajstić information content (AvgIpc) is 2.75. The van der Waals surface area contributed by atoms with Gasteiger partial charge in [-0.2, -0.15) is 0 Å². The van der Waals surface area contributed by atoms with Crippen LogP contribution in [0.1, 0.15) is 11.1 Å². The van der Waals surface area contributed by atoms with Crippen LogP contribution in [0.2, 0.25) is 0 Å². The standard InChI is InChI=1S/C22H30N4O3.HI/c1-26(2)21(27)16-25-22(24-15-18-7-5-6-8-20(18)29-4)23-14-13-17-9-11-19(28-3)12-10-17;/h5-12H,13-16H2,1-4H3,(H2,23,24,25);1H. The summed E-state index contributed by atoms with van der Waals surface area (Å²) in [7, 11) is 6.76. The van der Waals surface area contributed by atoms with Crippen molar-refractivity contribution in [3.05, 3.63) is 59.7 Å². The summed E-state index contributed by atoms with van der Waals surface area (Å²) < 4.78 is 10.6. The molecular weight excluding hydrogens is 495 g/mol. The Morgan fingerprint density at radius 1 is 1.00 bits per heavy atom. The fraction of sp³-hybridized carbons (Fsp3) is 0.364. The SMILES string of the molecule is COc1ccc(CCNC(=NCc2ccccc2OC)NCC(=O)N(C)C)cc1.I. The second-order valence-electron chi connectivity index (χ2n) is 6.64. The lowest BCUT2D eigenvalue weighted by Crippen LogP contribution is -2.43. The van der Waals surface area contributed by atoms with Gasteiger partial charge in [0.2, 0.25) is 5.91 Å². The minimum atomic E-state index is -0.0213. The number of para-hydroxylation sites is 1. The number of guanidine groups is 1. The van der Waals surface area contributed by atoms with Crippen molar-refractivity contribution >= 4 is 35.8 Å². The van der Waals surface area contributed by atoms with Gasteiger partial charge in [-0.3, -0.25) is 4.79 Å². The molecule has 0 unspecified atom stereocenters. The Labute approximate surface area is 195 Å². The maximum Gasteiger partial charge on any atom is 0.241 e. The minimum absolute atomic E-state index is 0. The van der Waals surface area contributed by atoms with Gasteiger partial charge in [-0.05, 0) is 30.2 Å². The van der Waals surface area contributed by atoms with Gasteiger partial charge in [0.15, 0.2) is 5.96 Å². The number of hydrogen-bond acceptors (Lipinski definition) is 4. The summed E-state index contributed by atoms with van der Waals surface area (Å²) in [5, 5.41) is 6.39. The van der Waals surface area contributed by atoms with Crippen molar-refractivity contribution < 1.29 is 14.3 Å². The first-order valence-corrected chi connectivity index (χ1v) is 9.50. The summed E-state index contributed by atoms with van der Waals surface area (Å²) in [6.45, 7) is 1.30. The van der Waals surface area contributed by atoms with E-state index in [2.05, 4.69) is 15.6 Å². The Balaban J connectivity index is 0.00000450. The van der Waals surface area contributed by atoms with E-state index in [9.17, 15) is 4.79 Å². The molecule has 0 fully saturated rings. The van der Waals surface area contributed by atoms with Crippen LogP contribution in [0.15, 0.2) is 53.5 Å². The molecule has 8 heteroatoms. The van der Waals surface area contributed by atoms with E-state index < -0.39 is 0 Å². The van der Waals surface area contributed by atoms with Crippen molar-refractivity contribution in [2.75, 3.05) is 41.4 Å². The van der Waals surface area contributed by atoms with Crippen LogP contribution in [0, 0.1) is 0 Å². The number of benzene rings is 2. The highest BCUT2D eigenvalue weighted by atomic mass is 127. The molecule has 0 heterocycles. The molecule has 0 bridgehead atoms. The number of hydrogen-bond donors (Lipinski definition) is 2. The first kappa shape index (κ1) is 25.5. The molecule has 0 saturated heterocycles. The van der Waals surface area contributed by atoms with Crippen molar-refractivity contribution in [2.24, 2.45) is 4.99 Å². The number of rotatable bonds is 9. The number of nitrogens with zero attached hydrogens (tertiary/aromatic N) is 2. The highest BCUT2D eigenvalue weighted by Gasteiger charge is 2.07. The third-order valence-electron chi connectivity index (χ3n) is 4.37. The predicted octanol–water partition coefficient (Wildman–Crippen LogP) is 2.69. The van der Waals surface area contributed by atoms with Crippen molar-refractivity contribution in [3.63, 3.8) is 0 Å². The summed E-state index contributed by atoms with van der Waals surface area (Å²) in [6.07, 6.45) is 0.820. The Kier molecular flexibility index (Phi) is 11.7. The molecule has 0 aliphatic heterocycles. The van der Waals surface area contributed by atoms with Crippen molar-refractivity contribution in [1.82, 2.24) is 15.5 Å². The van der Waals surface area contributed by atoms with E-state index in [1.807, 2.05) is 48.5 Å². The molecular formula is C22H31IN4O3. The molecule has 2 rings (SSSR count). The van der Waals surface area contributed by atoms with Gasteiger partial charge in [0.1, 0.15) is 11.5 Å². The van der Waals surface area contributed by atoms with Gasteiger partial charge in [-0.1, -0.05) is 30.3 Å². The number of carbonyl (C=O) groups is 1. The summed E-state index contributed by atoms with van der Waals surface area (Å²) in [6, 6.07) is 15.7. The van der Waals surface area contributed by atoms with Gasteiger partial charge in [0.05, 0.1) is 27.3 Å². The number of nitrogens with one attached hydrogen (secondary N) is 2. The molecule has 1 amide bonds. The third-order valence-corrected chi connectivity index (χ3v) is 4.37. The molecule has 2 N–H and O–H groups in total. The fourth-order valence-corrected chi connectivity index (χ4v) is 2.61. The van der Waals surface area contributed by atoms with Crippen LogP contribution in [-0.2, 0) is 17.8 Å². The Hall–Kier alpha value is -2.49. The van der Waals surface area contributed by atoms with E-state index in [4.69, 9.17) is 9.47 Å². The van der Waals surface area contributed by atoms with Crippen LogP contribution in [0.3, 0.4) is 0 Å². The number of aliphatic imine (C=N–C) groups is 1. The minimum Gasteiger partial charge on any atom is -0.497 e. The predicted molar refractivity (Wildman–Crippen MR) is 131 cm³/mol. The van der Waals surface area contributed by atoms with Gasteiger partial charge in [0, 0.05) is 26.2 Å². The number of amides is 1. The van der Waals surface area contributed by atoms with Gasteiger partial charge >= 0.3 is 0 Å². The highest BCUT2D eigenvalue weighted by molar-refractivity contribution is 14.0. The van der Waals surface area contributed by atoms with Crippen LogP contribution in [0.5, 0.6) is 11.5 Å². The molecule has 164 valence electrons. The number of halogens is 1. The molecule has 0 aliphatic rings. The molecule has 7 nitrogen and oxygen atoms in total. The van der Waals surface area contributed by atoms with Gasteiger partial charge in [-0.15, -0.1) is 24.0 Å². The summed E-state index contributed by atoms with van der Waals surface area (Å²) in [4.78, 5) is 18.1. The smallest absolute Gasteiger partial charge is 0.241 e. The molecule has 0 aromatic heterocycles.